The second-order valence-corrected chi connectivity index (χ2v) is 17.6. The van der Waals surface area contributed by atoms with E-state index in [0.717, 1.165) is 11.8 Å². The van der Waals surface area contributed by atoms with Crippen LogP contribution in [0.25, 0.3) is 0 Å². The van der Waals surface area contributed by atoms with Crippen LogP contribution in [0.4, 0.5) is 0 Å². The van der Waals surface area contributed by atoms with Crippen molar-refractivity contribution >= 4 is 78.8 Å². The Balaban J connectivity index is 3.47. The van der Waals surface area contributed by atoms with E-state index in [1.807, 2.05) is 0 Å². The molecule has 390 valence electrons. The van der Waals surface area contributed by atoms with Gasteiger partial charge in [0.05, 0.1) is 25.3 Å². The van der Waals surface area contributed by atoms with Gasteiger partial charge in [0.1, 0.15) is 48.3 Å². The molecular weight excluding hydrogens is 945 g/mol. The van der Waals surface area contributed by atoms with Crippen LogP contribution in [0.1, 0.15) is 80.1 Å². The Morgan fingerprint density at radius 1 is 0.681 bits per heavy atom. The SMILES string of the molecule is CC(C)[C@H](NC(=O)[C@H](CO)NC(=O)CNC(=O)[C@H](C)N)C(=O)N[C@@H](CCC(=O)O)C(=O)N[C@@H](CCC(N)=O)C(=O)N[C@H](C(=O)N1CCC[C@H]1C(=O)N[C@@H](C)C(=O)N[C@@H](C)C(=O)O)[C@@H](C)OP(=O)(O)O. The maximum Gasteiger partial charge on any atom is 0.469 e. The van der Waals surface area contributed by atoms with Gasteiger partial charge in [0.2, 0.25) is 59.1 Å². The number of rotatable bonds is 29. The summed E-state index contributed by atoms with van der Waals surface area (Å²) in [5.74, 6) is -13.9. The zero-order valence-corrected chi connectivity index (χ0v) is 39.6. The molecule has 1 rings (SSSR count). The van der Waals surface area contributed by atoms with Gasteiger partial charge in [0, 0.05) is 19.4 Å². The molecule has 0 bridgehead atoms. The molecule has 0 aromatic heterocycles. The van der Waals surface area contributed by atoms with Gasteiger partial charge in [0.25, 0.3) is 0 Å². The summed E-state index contributed by atoms with van der Waals surface area (Å²) < 4.78 is 16.6. The monoisotopic (exact) mass is 1010 g/mol. The molecule has 0 aliphatic carbocycles. The van der Waals surface area contributed by atoms with Gasteiger partial charge in [-0.25, -0.2) is 4.57 Å². The van der Waals surface area contributed by atoms with Gasteiger partial charge in [-0.15, -0.1) is 0 Å². The van der Waals surface area contributed by atoms with Gasteiger partial charge in [-0.05, 0) is 59.3 Å². The predicted molar refractivity (Wildman–Crippen MR) is 234 cm³/mol. The van der Waals surface area contributed by atoms with Crippen LogP contribution in [0.5, 0.6) is 0 Å². The first-order valence-electron chi connectivity index (χ1n) is 21.4. The summed E-state index contributed by atoms with van der Waals surface area (Å²) in [6.07, 6.45) is -4.38. The number of nitrogens with two attached hydrogens (primary N) is 2. The number of aliphatic hydroxyl groups excluding tert-OH is 1. The Hall–Kier alpha value is -6.33. The van der Waals surface area contributed by atoms with Crippen LogP contribution in [-0.2, 0) is 66.6 Å². The third-order valence-electron chi connectivity index (χ3n) is 10.2. The number of carbonyl (C=O) groups is 12. The van der Waals surface area contributed by atoms with Gasteiger partial charge < -0.3 is 84.0 Å². The van der Waals surface area contributed by atoms with Crippen LogP contribution in [0.3, 0.4) is 0 Å². The first-order chi connectivity index (χ1) is 31.9. The second-order valence-electron chi connectivity index (χ2n) is 16.4. The highest BCUT2D eigenvalue weighted by molar-refractivity contribution is 7.46. The molecule has 10 amide bonds. The molecule has 69 heavy (non-hydrogen) atoms. The maximum absolute atomic E-state index is 14.1. The smallest absolute Gasteiger partial charge is 0.469 e. The van der Waals surface area contributed by atoms with Gasteiger partial charge >= 0.3 is 19.8 Å². The minimum atomic E-state index is -5.42. The fraction of sp³-hybridized carbons (Fsp3) is 0.684. The van der Waals surface area contributed by atoms with Crippen molar-refractivity contribution in [3.8, 4) is 0 Å². The highest BCUT2D eigenvalue weighted by Gasteiger charge is 2.43. The van der Waals surface area contributed by atoms with Crippen molar-refractivity contribution in [1.29, 1.82) is 0 Å². The molecular formula is C38H64N11O19P. The summed E-state index contributed by atoms with van der Waals surface area (Å²) >= 11 is 0. The lowest BCUT2D eigenvalue weighted by Crippen LogP contribution is -2.62. The minimum Gasteiger partial charge on any atom is -0.481 e. The van der Waals surface area contributed by atoms with E-state index in [1.165, 1.54) is 34.6 Å². The Morgan fingerprint density at radius 3 is 1.72 bits per heavy atom. The molecule has 30 nitrogen and oxygen atoms in total. The lowest BCUT2D eigenvalue weighted by molar-refractivity contribution is -0.145. The second kappa shape index (κ2) is 28.2. The zero-order chi connectivity index (χ0) is 53.1. The number of hydrogen-bond donors (Lipinski definition) is 15. The molecule has 0 saturated carbocycles. The number of carbonyl (C=O) groups excluding carboxylic acids is 10. The number of nitrogens with zero attached hydrogens (tertiary/aromatic N) is 1. The number of aliphatic hydroxyl groups is 1. The number of phosphoric ester groups is 1. The standard InChI is InChI=1S/C38H64N11O19P/c1-16(2)28(47-34(59)23(15-50)44-26(52)14-41-30(55)17(3)39)36(61)46-22(10-12-27(53)54)32(57)45-21(9-11-25(40)51)33(58)48-29(20(6)68-69(65,66)67)37(62)49-13-7-8-24(49)35(60)42-18(4)31(56)43-19(5)38(63)64/h16-24,28-29,50H,7-15,39H2,1-6H3,(H2,40,51)(H,41,55)(H,42,60)(H,43,56)(H,44,52)(H,45,57)(H,46,61)(H,47,59)(H,48,58)(H,53,54)(H,63,64)(H2,65,66,67)/t17-,18-,19-,20+,21-,22-,23-,24-,28-,29-/m0/s1. The van der Waals surface area contributed by atoms with Crippen LogP contribution in [-0.4, -0.2) is 181 Å². The lowest BCUT2D eigenvalue weighted by atomic mass is 10.0. The molecule has 0 aromatic rings. The van der Waals surface area contributed by atoms with Crippen molar-refractivity contribution in [3.05, 3.63) is 0 Å². The van der Waals surface area contributed by atoms with E-state index >= 15 is 0 Å². The van der Waals surface area contributed by atoms with E-state index < -0.39 is 184 Å². The summed E-state index contributed by atoms with van der Waals surface area (Å²) in [6.45, 7) is 5.85. The number of carboxylic acid groups (broad SMARTS) is 2. The molecule has 1 heterocycles. The Labute approximate surface area is 395 Å². The number of primary amides is 1. The van der Waals surface area contributed by atoms with Crippen molar-refractivity contribution in [1.82, 2.24) is 47.4 Å². The zero-order valence-electron chi connectivity index (χ0n) is 38.7. The fourth-order valence-corrected chi connectivity index (χ4v) is 6.91. The molecule has 0 aromatic carbocycles. The molecule has 0 unspecified atom stereocenters. The third-order valence-corrected chi connectivity index (χ3v) is 10.8. The van der Waals surface area contributed by atoms with Crippen LogP contribution >= 0.6 is 7.82 Å². The molecule has 17 N–H and O–H groups in total. The van der Waals surface area contributed by atoms with E-state index in [0.29, 0.717) is 0 Å². The van der Waals surface area contributed by atoms with Crippen LogP contribution < -0.4 is 54.0 Å². The van der Waals surface area contributed by atoms with Gasteiger partial charge in [0.15, 0.2) is 0 Å². The number of hydrogen-bond acceptors (Lipinski definition) is 16. The topological polar surface area (TPSA) is 484 Å². The number of phosphoric acid groups is 1. The summed E-state index contributed by atoms with van der Waals surface area (Å²) in [5.41, 5.74) is 10.7. The highest BCUT2D eigenvalue weighted by atomic mass is 31.2. The molecule has 0 radical (unpaired) electrons. The average molecular weight is 1010 g/mol. The molecule has 1 fully saturated rings. The van der Waals surface area contributed by atoms with Gasteiger partial charge in [-0.3, -0.25) is 62.1 Å². The van der Waals surface area contributed by atoms with Crippen molar-refractivity contribution in [3.63, 3.8) is 0 Å². The Kier molecular flexibility index (Phi) is 24.8. The molecule has 1 aliphatic rings. The van der Waals surface area contributed by atoms with Gasteiger partial charge in [-0.1, -0.05) is 13.8 Å². The Morgan fingerprint density at radius 2 is 1.22 bits per heavy atom. The predicted octanol–water partition coefficient (Wildman–Crippen LogP) is -6.76. The molecule has 1 aliphatic heterocycles. The number of nitrogens with one attached hydrogen (secondary N) is 8. The summed E-state index contributed by atoms with van der Waals surface area (Å²) in [7, 11) is -5.42. The van der Waals surface area contributed by atoms with Crippen LogP contribution in [0.15, 0.2) is 0 Å². The third kappa shape index (κ3) is 21.2. The van der Waals surface area contributed by atoms with Crippen molar-refractivity contribution in [2.45, 2.75) is 141 Å². The van der Waals surface area contributed by atoms with Crippen LogP contribution in [0, 0.1) is 5.92 Å². The fourth-order valence-electron chi connectivity index (χ4n) is 6.35. The first-order valence-corrected chi connectivity index (χ1v) is 23.0. The molecule has 0 spiro atoms. The average Bonchev–Trinajstić information content (AvgIpc) is 3.74. The van der Waals surface area contributed by atoms with E-state index in [4.69, 9.17) is 21.1 Å². The number of amides is 10. The highest BCUT2D eigenvalue weighted by Crippen LogP contribution is 2.38. The summed E-state index contributed by atoms with van der Waals surface area (Å²) in [5, 5.41) is 46.3. The normalized spacial score (nSPS) is 17.4. The van der Waals surface area contributed by atoms with E-state index in [1.54, 1.807) is 0 Å². The largest absolute Gasteiger partial charge is 0.481 e. The quantitative estimate of drug-likeness (QED) is 0.0310. The van der Waals surface area contributed by atoms with Crippen molar-refractivity contribution in [2.75, 3.05) is 19.7 Å². The minimum absolute atomic E-state index is 0.0114. The molecule has 31 heteroatoms. The summed E-state index contributed by atoms with van der Waals surface area (Å²) in [6, 6.07) is -13.9. The van der Waals surface area contributed by atoms with Crippen molar-refractivity contribution in [2.24, 2.45) is 17.4 Å². The number of carboxylic acids is 2. The first kappa shape index (κ1) is 60.7. The van der Waals surface area contributed by atoms with Crippen LogP contribution in [0.2, 0.25) is 0 Å². The van der Waals surface area contributed by atoms with Gasteiger partial charge in [-0.2, -0.15) is 0 Å². The summed E-state index contributed by atoms with van der Waals surface area (Å²) in [4.78, 5) is 174. The number of aliphatic carboxylic acids is 2. The molecule has 1 saturated heterocycles. The number of likely N-dealkylation sites (tertiary alicyclic amines) is 1. The van der Waals surface area contributed by atoms with Crippen molar-refractivity contribution < 1.29 is 91.7 Å². The van der Waals surface area contributed by atoms with E-state index in [-0.39, 0.29) is 19.4 Å². The van der Waals surface area contributed by atoms with E-state index in [2.05, 4.69) is 42.5 Å². The lowest BCUT2D eigenvalue weighted by Gasteiger charge is -2.33. The molecule has 10 atom stereocenters. The van der Waals surface area contributed by atoms with E-state index in [9.17, 15) is 82.1 Å². The Bertz CT molecular complexity index is 1970. The maximum atomic E-state index is 14.1.